The number of amides is 1. The Morgan fingerprint density at radius 3 is 2.59 bits per heavy atom. The van der Waals surface area contributed by atoms with Gasteiger partial charge in [0.25, 0.3) is 5.91 Å². The molecule has 1 amide bonds. The molecule has 0 spiro atoms. The van der Waals surface area contributed by atoms with Crippen molar-refractivity contribution in [3.05, 3.63) is 22.7 Å². The van der Waals surface area contributed by atoms with Gasteiger partial charge in [0.2, 0.25) is 0 Å². The third kappa shape index (κ3) is 3.70. The lowest BCUT2D eigenvalue weighted by Crippen LogP contribution is -2.48. The molecule has 2 N–H and O–H groups in total. The molecule has 0 aromatic carbocycles. The minimum absolute atomic E-state index is 0. The van der Waals surface area contributed by atoms with Crippen molar-refractivity contribution in [3.8, 4) is 0 Å². The predicted molar refractivity (Wildman–Crippen MR) is 88.8 cm³/mol. The molecular formula is C15H22Cl2N4O. The number of rotatable bonds is 3. The van der Waals surface area contributed by atoms with E-state index in [9.17, 15) is 4.79 Å². The summed E-state index contributed by atoms with van der Waals surface area (Å²) in [6.45, 7) is 3.99. The lowest BCUT2D eigenvalue weighted by atomic mass is 10.00. The van der Waals surface area contributed by atoms with Crippen LogP contribution in [0.1, 0.15) is 61.8 Å². The van der Waals surface area contributed by atoms with E-state index in [0.717, 1.165) is 12.8 Å². The van der Waals surface area contributed by atoms with Gasteiger partial charge in [0.1, 0.15) is 11.5 Å². The first-order valence-electron chi connectivity index (χ1n) is 7.62. The minimum atomic E-state index is -0.185. The molecule has 0 saturated carbocycles. The molecule has 2 unspecified atom stereocenters. The van der Waals surface area contributed by atoms with Crippen molar-refractivity contribution < 1.29 is 4.79 Å². The Morgan fingerprint density at radius 2 is 2.00 bits per heavy atom. The summed E-state index contributed by atoms with van der Waals surface area (Å²) in [4.78, 5) is 20.9. The largest absolute Gasteiger partial charge is 0.348 e. The second kappa shape index (κ2) is 7.11. The van der Waals surface area contributed by atoms with Crippen LogP contribution >= 0.6 is 24.0 Å². The molecule has 1 aromatic rings. The lowest BCUT2D eigenvalue weighted by Gasteiger charge is -2.29. The first-order chi connectivity index (χ1) is 10.0. The summed E-state index contributed by atoms with van der Waals surface area (Å²) < 4.78 is 0. The molecule has 5 nitrogen and oxygen atoms in total. The van der Waals surface area contributed by atoms with Crippen LogP contribution in [0.25, 0.3) is 0 Å². The molecule has 2 aliphatic rings. The number of nitrogens with one attached hydrogen (secondary N) is 2. The summed E-state index contributed by atoms with van der Waals surface area (Å²) in [6.07, 6.45) is 5.92. The van der Waals surface area contributed by atoms with Crippen LogP contribution < -0.4 is 10.6 Å². The number of carbonyl (C=O) groups excluding carboxylic acids is 1. The second-order valence-corrected chi connectivity index (χ2v) is 6.77. The molecule has 2 fully saturated rings. The summed E-state index contributed by atoms with van der Waals surface area (Å²) >= 11 is 6.08. The van der Waals surface area contributed by atoms with E-state index in [2.05, 4.69) is 20.6 Å². The van der Waals surface area contributed by atoms with Crippen LogP contribution in [0.2, 0.25) is 5.02 Å². The van der Waals surface area contributed by atoms with Crippen molar-refractivity contribution in [2.45, 2.75) is 63.6 Å². The van der Waals surface area contributed by atoms with Gasteiger partial charge in [-0.1, -0.05) is 25.4 Å². The maximum absolute atomic E-state index is 12.4. The van der Waals surface area contributed by atoms with Crippen LogP contribution in [0.4, 0.5) is 0 Å². The van der Waals surface area contributed by atoms with Gasteiger partial charge in [-0.3, -0.25) is 4.79 Å². The maximum atomic E-state index is 12.4. The van der Waals surface area contributed by atoms with E-state index in [-0.39, 0.29) is 30.3 Å². The lowest BCUT2D eigenvalue weighted by molar-refractivity contribution is 0.0918. The van der Waals surface area contributed by atoms with E-state index >= 15 is 0 Å². The van der Waals surface area contributed by atoms with Crippen molar-refractivity contribution in [2.24, 2.45) is 0 Å². The van der Waals surface area contributed by atoms with E-state index in [1.54, 1.807) is 0 Å². The monoisotopic (exact) mass is 344 g/mol. The van der Waals surface area contributed by atoms with Gasteiger partial charge >= 0.3 is 0 Å². The molecule has 2 aliphatic heterocycles. The zero-order valence-electron chi connectivity index (χ0n) is 12.8. The molecule has 2 atom stereocenters. The molecule has 2 bridgehead atoms. The van der Waals surface area contributed by atoms with Gasteiger partial charge in [0.15, 0.2) is 0 Å². The van der Waals surface area contributed by atoms with Crippen molar-refractivity contribution in [3.63, 3.8) is 0 Å². The third-order valence-electron chi connectivity index (χ3n) is 4.30. The van der Waals surface area contributed by atoms with Crippen LogP contribution in [0.5, 0.6) is 0 Å². The Morgan fingerprint density at radius 1 is 1.36 bits per heavy atom. The average Bonchev–Trinajstić information content (AvgIpc) is 2.78. The van der Waals surface area contributed by atoms with Crippen LogP contribution in [-0.2, 0) is 0 Å². The maximum Gasteiger partial charge on any atom is 0.271 e. The second-order valence-electron chi connectivity index (χ2n) is 6.36. The number of halogens is 2. The molecule has 122 valence electrons. The van der Waals surface area contributed by atoms with Crippen molar-refractivity contribution in [1.29, 1.82) is 0 Å². The van der Waals surface area contributed by atoms with Crippen LogP contribution in [-0.4, -0.2) is 34.0 Å². The fourth-order valence-electron chi connectivity index (χ4n) is 3.25. The number of fused-ring (bicyclic) bond motifs is 2. The van der Waals surface area contributed by atoms with E-state index in [4.69, 9.17) is 11.6 Å². The van der Waals surface area contributed by atoms with Gasteiger partial charge in [-0.05, 0) is 25.7 Å². The Hall–Kier alpha value is -0.910. The standard InChI is InChI=1S/C15H21ClN4O.ClH/c1-8(2)14-17-7-12(16)13(20-14)15(21)19-11-5-9-3-4-10(6-11)18-9;/h7-11,18H,3-6H2,1-2H3,(H,19,21);1H. The van der Waals surface area contributed by atoms with Gasteiger partial charge in [-0.15, -0.1) is 12.4 Å². The number of hydrogen-bond acceptors (Lipinski definition) is 4. The molecule has 0 aliphatic carbocycles. The van der Waals surface area contributed by atoms with Gasteiger partial charge < -0.3 is 10.6 Å². The molecule has 3 rings (SSSR count). The number of piperidine rings is 1. The minimum Gasteiger partial charge on any atom is -0.348 e. The number of aromatic nitrogens is 2. The van der Waals surface area contributed by atoms with Gasteiger partial charge in [0.05, 0.1) is 11.2 Å². The highest BCUT2D eigenvalue weighted by Gasteiger charge is 2.34. The zero-order chi connectivity index (χ0) is 15.0. The first-order valence-corrected chi connectivity index (χ1v) is 8.00. The van der Waals surface area contributed by atoms with Gasteiger partial charge in [-0.25, -0.2) is 9.97 Å². The van der Waals surface area contributed by atoms with Crippen molar-refractivity contribution >= 4 is 29.9 Å². The Balaban J connectivity index is 0.00000176. The number of carbonyl (C=O) groups is 1. The van der Waals surface area contributed by atoms with Crippen LogP contribution in [0.15, 0.2) is 6.20 Å². The molecular weight excluding hydrogens is 323 g/mol. The van der Waals surface area contributed by atoms with E-state index in [1.807, 2.05) is 13.8 Å². The highest BCUT2D eigenvalue weighted by molar-refractivity contribution is 6.33. The highest BCUT2D eigenvalue weighted by atomic mass is 35.5. The topological polar surface area (TPSA) is 66.9 Å². The number of hydrogen-bond donors (Lipinski definition) is 2. The molecule has 3 heterocycles. The third-order valence-corrected chi connectivity index (χ3v) is 4.58. The summed E-state index contributed by atoms with van der Waals surface area (Å²) in [6, 6.07) is 1.30. The molecule has 7 heteroatoms. The highest BCUT2D eigenvalue weighted by Crippen LogP contribution is 2.27. The number of nitrogens with zero attached hydrogens (tertiary/aromatic N) is 2. The van der Waals surface area contributed by atoms with Gasteiger partial charge in [-0.2, -0.15) is 0 Å². The Bertz CT molecular complexity index is 540. The molecule has 1 aromatic heterocycles. The quantitative estimate of drug-likeness (QED) is 0.884. The predicted octanol–water partition coefficient (Wildman–Crippen LogP) is 2.69. The Kier molecular flexibility index (Phi) is 5.64. The fraction of sp³-hybridized carbons (Fsp3) is 0.667. The van der Waals surface area contributed by atoms with Crippen LogP contribution in [0, 0.1) is 0 Å². The smallest absolute Gasteiger partial charge is 0.271 e. The molecule has 2 saturated heterocycles. The Labute approximate surface area is 142 Å². The van der Waals surface area contributed by atoms with Crippen LogP contribution in [0.3, 0.4) is 0 Å². The van der Waals surface area contributed by atoms with E-state index in [1.165, 1.54) is 19.0 Å². The van der Waals surface area contributed by atoms with E-state index < -0.39 is 0 Å². The first kappa shape index (κ1) is 17.4. The summed E-state index contributed by atoms with van der Waals surface area (Å²) in [5, 5.41) is 6.97. The fourth-order valence-corrected chi connectivity index (χ4v) is 3.42. The summed E-state index contributed by atoms with van der Waals surface area (Å²) in [5.41, 5.74) is 0.293. The average molecular weight is 345 g/mol. The summed E-state index contributed by atoms with van der Waals surface area (Å²) in [5.74, 6) is 0.633. The van der Waals surface area contributed by atoms with Crippen molar-refractivity contribution in [2.75, 3.05) is 0 Å². The SMILES string of the molecule is CC(C)c1ncc(Cl)c(C(=O)NC2CC3CCC(C2)N3)n1.Cl. The zero-order valence-corrected chi connectivity index (χ0v) is 14.4. The normalized spacial score (nSPS) is 26.6. The molecule has 22 heavy (non-hydrogen) atoms. The van der Waals surface area contributed by atoms with Crippen molar-refractivity contribution in [1.82, 2.24) is 20.6 Å². The van der Waals surface area contributed by atoms with E-state index in [0.29, 0.717) is 28.6 Å². The van der Waals surface area contributed by atoms with Gasteiger partial charge in [0, 0.05) is 24.0 Å². The molecule has 0 radical (unpaired) electrons. The summed E-state index contributed by atoms with van der Waals surface area (Å²) in [7, 11) is 0.